The van der Waals surface area contributed by atoms with Crippen molar-refractivity contribution in [3.8, 4) is 11.4 Å². The first-order chi connectivity index (χ1) is 8.34. The van der Waals surface area contributed by atoms with Gasteiger partial charge in [-0.15, -0.1) is 0 Å². The number of hydrogen-bond acceptors (Lipinski definition) is 1. The maximum atomic E-state index is 4.43. The minimum Gasteiger partial charge on any atom is -0.328 e. The van der Waals surface area contributed by atoms with Crippen LogP contribution in [0.2, 0.25) is 0 Å². The lowest BCUT2D eigenvalue weighted by molar-refractivity contribution is 0.785. The van der Waals surface area contributed by atoms with Crippen LogP contribution >= 0.6 is 15.9 Å². The van der Waals surface area contributed by atoms with Gasteiger partial charge in [-0.3, -0.25) is 0 Å². The molecule has 2 nitrogen and oxygen atoms in total. The maximum Gasteiger partial charge on any atom is 0.141 e. The SMILES string of the molecule is Brc1cnc2n(Cc3ccccc3)cccc1-2. The molecule has 0 N–H and O–H groups in total. The molecule has 3 rings (SSSR count). The van der Waals surface area contributed by atoms with Crippen LogP contribution in [0.1, 0.15) is 5.56 Å². The molecule has 0 fully saturated rings. The molecule has 0 unspecified atom stereocenters. The molecule has 17 heavy (non-hydrogen) atoms. The number of nitrogens with zero attached hydrogens (tertiary/aromatic N) is 2. The molecule has 0 bridgehead atoms. The van der Waals surface area contributed by atoms with Crippen LogP contribution in [0.4, 0.5) is 0 Å². The van der Waals surface area contributed by atoms with E-state index < -0.39 is 0 Å². The fourth-order valence-corrected chi connectivity index (χ4v) is 2.38. The summed E-state index contributed by atoms with van der Waals surface area (Å²) in [6.45, 7) is 0.849. The molecule has 3 heteroatoms. The van der Waals surface area contributed by atoms with Gasteiger partial charge in [-0.1, -0.05) is 30.3 Å². The summed E-state index contributed by atoms with van der Waals surface area (Å²) < 4.78 is 3.21. The minimum absolute atomic E-state index is 0.849. The number of aromatic nitrogens is 2. The van der Waals surface area contributed by atoms with Crippen LogP contribution in [0.15, 0.2) is 59.3 Å². The molecular formula is C14H11BrN2. The fourth-order valence-electron chi connectivity index (χ4n) is 1.97. The number of fused-ring (bicyclic) bond motifs is 1. The summed E-state index contributed by atoms with van der Waals surface area (Å²) in [4.78, 5) is 4.43. The molecule has 0 radical (unpaired) electrons. The second-order valence-corrected chi connectivity index (χ2v) is 4.82. The van der Waals surface area contributed by atoms with Gasteiger partial charge in [0, 0.05) is 29.0 Å². The minimum atomic E-state index is 0.849. The zero-order chi connectivity index (χ0) is 11.7. The van der Waals surface area contributed by atoms with Crippen LogP contribution in [0.3, 0.4) is 0 Å². The van der Waals surface area contributed by atoms with Crippen LogP contribution in [0.25, 0.3) is 11.4 Å². The Morgan fingerprint density at radius 1 is 1.06 bits per heavy atom. The van der Waals surface area contributed by atoms with Crippen molar-refractivity contribution >= 4 is 15.9 Å². The number of rotatable bonds is 2. The highest BCUT2D eigenvalue weighted by atomic mass is 79.9. The normalized spacial score (nSPS) is 10.9. The van der Waals surface area contributed by atoms with Gasteiger partial charge in [-0.2, -0.15) is 0 Å². The Bertz CT molecular complexity index is 601. The Morgan fingerprint density at radius 3 is 2.71 bits per heavy atom. The number of halogens is 1. The second kappa shape index (κ2) is 4.34. The summed E-state index contributed by atoms with van der Waals surface area (Å²) in [6.07, 6.45) is 3.92. The van der Waals surface area contributed by atoms with E-state index in [0.29, 0.717) is 0 Å². The molecule has 0 saturated carbocycles. The van der Waals surface area contributed by atoms with Crippen LogP contribution in [0.5, 0.6) is 0 Å². The molecule has 0 amide bonds. The van der Waals surface area contributed by atoms with Crippen molar-refractivity contribution in [1.82, 2.24) is 9.55 Å². The smallest absolute Gasteiger partial charge is 0.141 e. The fraction of sp³-hybridized carbons (Fsp3) is 0.0714. The van der Waals surface area contributed by atoms with Crippen molar-refractivity contribution in [2.24, 2.45) is 0 Å². The van der Waals surface area contributed by atoms with Gasteiger partial charge < -0.3 is 4.57 Å². The Hall–Kier alpha value is -1.61. The van der Waals surface area contributed by atoms with Crippen molar-refractivity contribution < 1.29 is 0 Å². The molecule has 0 atom stereocenters. The molecule has 0 aromatic heterocycles. The quantitative estimate of drug-likeness (QED) is 0.701. The van der Waals surface area contributed by atoms with Gasteiger partial charge in [0.15, 0.2) is 0 Å². The Kier molecular flexibility index (Phi) is 2.69. The Balaban J connectivity index is 2.01. The second-order valence-electron chi connectivity index (χ2n) is 3.97. The molecule has 1 aromatic carbocycles. The van der Waals surface area contributed by atoms with Crippen LogP contribution in [-0.4, -0.2) is 9.55 Å². The number of benzene rings is 1. The van der Waals surface area contributed by atoms with Gasteiger partial charge in [0.2, 0.25) is 0 Å². The lowest BCUT2D eigenvalue weighted by Crippen LogP contribution is -2.04. The molecular weight excluding hydrogens is 276 g/mol. The van der Waals surface area contributed by atoms with E-state index in [1.807, 2.05) is 12.3 Å². The van der Waals surface area contributed by atoms with E-state index in [1.54, 1.807) is 0 Å². The first-order valence-corrected chi connectivity index (χ1v) is 6.27. The summed E-state index contributed by atoms with van der Waals surface area (Å²) in [5.74, 6) is 1.02. The average Bonchev–Trinajstić information content (AvgIpc) is 2.74. The molecule has 84 valence electrons. The molecule has 2 heterocycles. The van der Waals surface area contributed by atoms with Crippen LogP contribution in [-0.2, 0) is 6.54 Å². The zero-order valence-corrected chi connectivity index (χ0v) is 10.8. The van der Waals surface area contributed by atoms with Gasteiger partial charge in [0.1, 0.15) is 5.82 Å². The molecule has 2 aliphatic rings. The van der Waals surface area contributed by atoms with E-state index in [-0.39, 0.29) is 0 Å². The molecule has 2 aliphatic heterocycles. The molecule has 0 saturated heterocycles. The summed E-state index contributed by atoms with van der Waals surface area (Å²) in [6, 6.07) is 14.5. The molecule has 0 aliphatic carbocycles. The van der Waals surface area contributed by atoms with Gasteiger partial charge in [-0.05, 0) is 33.6 Å². The third kappa shape index (κ3) is 1.98. The highest BCUT2D eigenvalue weighted by Crippen LogP contribution is 2.29. The third-order valence-corrected chi connectivity index (χ3v) is 3.43. The number of hydrogen-bond donors (Lipinski definition) is 0. The number of pyridine rings is 1. The predicted molar refractivity (Wildman–Crippen MR) is 72.1 cm³/mol. The Labute approximate surface area is 108 Å². The van der Waals surface area contributed by atoms with Gasteiger partial charge in [0.05, 0.1) is 0 Å². The first-order valence-electron chi connectivity index (χ1n) is 5.48. The zero-order valence-electron chi connectivity index (χ0n) is 9.18. The predicted octanol–water partition coefficient (Wildman–Crippen LogP) is 3.80. The summed E-state index contributed by atoms with van der Waals surface area (Å²) in [5.41, 5.74) is 2.44. The van der Waals surface area contributed by atoms with Crippen molar-refractivity contribution in [3.05, 3.63) is 64.9 Å². The van der Waals surface area contributed by atoms with E-state index >= 15 is 0 Å². The molecule has 0 spiro atoms. The summed E-state index contributed by atoms with van der Waals surface area (Å²) in [5, 5.41) is 0. The molecule has 1 aromatic rings. The van der Waals surface area contributed by atoms with Crippen molar-refractivity contribution in [3.63, 3.8) is 0 Å². The lowest BCUT2D eigenvalue weighted by Gasteiger charge is -2.11. The highest BCUT2D eigenvalue weighted by molar-refractivity contribution is 9.10. The average molecular weight is 287 g/mol. The third-order valence-electron chi connectivity index (χ3n) is 2.80. The lowest BCUT2D eigenvalue weighted by atomic mass is 10.2. The van der Waals surface area contributed by atoms with Crippen molar-refractivity contribution in [2.75, 3.05) is 0 Å². The monoisotopic (exact) mass is 286 g/mol. The van der Waals surface area contributed by atoms with Crippen LogP contribution < -0.4 is 0 Å². The van der Waals surface area contributed by atoms with Crippen molar-refractivity contribution in [2.45, 2.75) is 6.54 Å². The Morgan fingerprint density at radius 2 is 1.88 bits per heavy atom. The standard InChI is InChI=1S/C14H11BrN2/c15-13-9-16-14-12(13)7-4-8-17(14)10-11-5-2-1-3-6-11/h1-9H,10H2. The van der Waals surface area contributed by atoms with Gasteiger partial charge >= 0.3 is 0 Å². The van der Waals surface area contributed by atoms with Gasteiger partial charge in [0.25, 0.3) is 0 Å². The highest BCUT2D eigenvalue weighted by Gasteiger charge is 2.11. The van der Waals surface area contributed by atoms with E-state index in [0.717, 1.165) is 22.4 Å². The van der Waals surface area contributed by atoms with E-state index in [1.165, 1.54) is 5.56 Å². The summed E-state index contributed by atoms with van der Waals surface area (Å²) >= 11 is 3.51. The van der Waals surface area contributed by atoms with Crippen LogP contribution in [0, 0.1) is 0 Å². The largest absolute Gasteiger partial charge is 0.328 e. The van der Waals surface area contributed by atoms with E-state index in [4.69, 9.17) is 0 Å². The first kappa shape index (κ1) is 10.5. The van der Waals surface area contributed by atoms with E-state index in [2.05, 4.69) is 68.1 Å². The van der Waals surface area contributed by atoms with Crippen molar-refractivity contribution in [1.29, 1.82) is 0 Å². The van der Waals surface area contributed by atoms with E-state index in [9.17, 15) is 0 Å². The maximum absolute atomic E-state index is 4.43. The topological polar surface area (TPSA) is 17.8 Å². The summed E-state index contributed by atoms with van der Waals surface area (Å²) in [7, 11) is 0. The van der Waals surface area contributed by atoms with Gasteiger partial charge in [-0.25, -0.2) is 4.98 Å².